The van der Waals surface area contributed by atoms with Gasteiger partial charge in [0.2, 0.25) is 0 Å². The molecule has 0 aliphatic heterocycles. The summed E-state index contributed by atoms with van der Waals surface area (Å²) in [4.78, 5) is 20.5. The highest BCUT2D eigenvalue weighted by Crippen LogP contribution is 2.16. The first kappa shape index (κ1) is 17.7. The van der Waals surface area contributed by atoms with Crippen molar-refractivity contribution in [1.82, 2.24) is 25.2 Å². The van der Waals surface area contributed by atoms with E-state index in [9.17, 15) is 4.79 Å². The second kappa shape index (κ2) is 8.29. The summed E-state index contributed by atoms with van der Waals surface area (Å²) in [6.45, 7) is 4.49. The van der Waals surface area contributed by atoms with Crippen LogP contribution < -0.4 is 10.6 Å². The molecule has 6 heteroatoms. The van der Waals surface area contributed by atoms with E-state index in [1.165, 1.54) is 0 Å². The lowest BCUT2D eigenvalue weighted by Gasteiger charge is -2.16. The van der Waals surface area contributed by atoms with Crippen molar-refractivity contribution in [2.24, 2.45) is 0 Å². The topological polar surface area (TPSA) is 71.8 Å². The minimum atomic E-state index is -0.175. The van der Waals surface area contributed by atoms with Crippen LogP contribution in [-0.4, -0.2) is 27.1 Å². The Labute approximate surface area is 153 Å². The van der Waals surface area contributed by atoms with Crippen LogP contribution >= 0.6 is 0 Å². The first-order chi connectivity index (χ1) is 12.6. The number of pyridine rings is 1. The summed E-state index contributed by atoms with van der Waals surface area (Å²) >= 11 is 0. The smallest absolute Gasteiger partial charge is 0.315 e. The molecule has 1 aromatic carbocycles. The maximum atomic E-state index is 12.1. The standard InChI is InChI=1S/C20H23N5O/c1-15-6-7-17(13-23-15)8-9-22-20(26)24-16(2)18-4-3-5-19(12-18)25-11-10-21-14-25/h3-7,10-14,16H,8-9H2,1-2H3,(H2,22,24,26)/t16-/m1/s1. The van der Waals surface area contributed by atoms with Gasteiger partial charge in [0.1, 0.15) is 0 Å². The summed E-state index contributed by atoms with van der Waals surface area (Å²) < 4.78 is 1.94. The second-order valence-electron chi connectivity index (χ2n) is 6.24. The maximum Gasteiger partial charge on any atom is 0.315 e. The van der Waals surface area contributed by atoms with E-state index < -0.39 is 0 Å². The number of urea groups is 1. The lowest BCUT2D eigenvalue weighted by molar-refractivity contribution is 0.238. The third kappa shape index (κ3) is 4.69. The molecule has 26 heavy (non-hydrogen) atoms. The van der Waals surface area contributed by atoms with Crippen LogP contribution in [0.3, 0.4) is 0 Å². The van der Waals surface area contributed by atoms with Crippen molar-refractivity contribution in [2.75, 3.05) is 6.54 Å². The van der Waals surface area contributed by atoms with E-state index in [2.05, 4.69) is 20.6 Å². The van der Waals surface area contributed by atoms with Crippen molar-refractivity contribution in [2.45, 2.75) is 26.3 Å². The molecule has 0 fully saturated rings. The molecule has 0 bridgehead atoms. The quantitative estimate of drug-likeness (QED) is 0.718. The fourth-order valence-electron chi connectivity index (χ4n) is 2.66. The van der Waals surface area contributed by atoms with Crippen LogP contribution in [0.4, 0.5) is 4.79 Å². The second-order valence-corrected chi connectivity index (χ2v) is 6.24. The molecule has 3 rings (SSSR count). The number of aryl methyl sites for hydroxylation is 1. The monoisotopic (exact) mass is 349 g/mol. The van der Waals surface area contributed by atoms with Crippen LogP contribution in [0, 0.1) is 6.92 Å². The van der Waals surface area contributed by atoms with E-state index >= 15 is 0 Å². The van der Waals surface area contributed by atoms with Gasteiger partial charge >= 0.3 is 6.03 Å². The maximum absolute atomic E-state index is 12.1. The normalized spacial score (nSPS) is 11.8. The molecule has 0 aliphatic carbocycles. The van der Waals surface area contributed by atoms with Gasteiger partial charge in [-0.05, 0) is 49.6 Å². The molecule has 0 saturated heterocycles. The summed E-state index contributed by atoms with van der Waals surface area (Å²) in [6.07, 6.45) is 7.99. The van der Waals surface area contributed by atoms with Crippen LogP contribution in [0.15, 0.2) is 61.3 Å². The molecule has 3 aromatic rings. The molecular weight excluding hydrogens is 326 g/mol. The SMILES string of the molecule is Cc1ccc(CCNC(=O)N[C@H](C)c2cccc(-n3ccnc3)c2)cn1. The molecule has 0 aliphatic rings. The van der Waals surface area contributed by atoms with Crippen LogP contribution in [0.5, 0.6) is 0 Å². The Balaban J connectivity index is 1.51. The summed E-state index contributed by atoms with van der Waals surface area (Å²) in [6, 6.07) is 11.8. The number of carbonyl (C=O) groups excluding carboxylic acids is 1. The number of hydrogen-bond donors (Lipinski definition) is 2. The number of nitrogens with one attached hydrogen (secondary N) is 2. The van der Waals surface area contributed by atoms with Gasteiger partial charge in [-0.3, -0.25) is 4.98 Å². The van der Waals surface area contributed by atoms with Crippen LogP contribution in [0.1, 0.15) is 29.8 Å². The third-order valence-electron chi connectivity index (χ3n) is 4.19. The molecule has 2 N–H and O–H groups in total. The predicted molar refractivity (Wildman–Crippen MR) is 101 cm³/mol. The molecule has 2 aromatic heterocycles. The van der Waals surface area contributed by atoms with Gasteiger partial charge in [0.25, 0.3) is 0 Å². The Morgan fingerprint density at radius 3 is 2.88 bits per heavy atom. The van der Waals surface area contributed by atoms with E-state index in [0.29, 0.717) is 6.54 Å². The number of hydrogen-bond acceptors (Lipinski definition) is 3. The van der Waals surface area contributed by atoms with Crippen LogP contribution in [-0.2, 0) is 6.42 Å². The zero-order valence-corrected chi connectivity index (χ0v) is 15.0. The molecule has 0 spiro atoms. The number of benzene rings is 1. The van der Waals surface area contributed by atoms with Crippen LogP contribution in [0.25, 0.3) is 5.69 Å². The van der Waals surface area contributed by atoms with E-state index in [1.807, 2.05) is 67.2 Å². The highest BCUT2D eigenvalue weighted by molar-refractivity contribution is 5.74. The largest absolute Gasteiger partial charge is 0.338 e. The highest BCUT2D eigenvalue weighted by atomic mass is 16.2. The van der Waals surface area contributed by atoms with Gasteiger partial charge in [-0.25, -0.2) is 9.78 Å². The molecular formula is C20H23N5O. The van der Waals surface area contributed by atoms with Crippen molar-refractivity contribution < 1.29 is 4.79 Å². The number of rotatable bonds is 6. The molecule has 6 nitrogen and oxygen atoms in total. The third-order valence-corrected chi connectivity index (χ3v) is 4.19. The Hall–Kier alpha value is -3.15. The molecule has 0 saturated carbocycles. The Morgan fingerprint density at radius 1 is 1.27 bits per heavy atom. The van der Waals surface area contributed by atoms with Crippen LogP contribution in [0.2, 0.25) is 0 Å². The molecule has 1 atom stereocenters. The number of carbonyl (C=O) groups is 1. The first-order valence-electron chi connectivity index (χ1n) is 8.66. The zero-order valence-electron chi connectivity index (χ0n) is 15.0. The summed E-state index contributed by atoms with van der Waals surface area (Å²) in [5.41, 5.74) is 4.15. The summed E-state index contributed by atoms with van der Waals surface area (Å²) in [5.74, 6) is 0. The van der Waals surface area contributed by atoms with E-state index in [1.54, 1.807) is 12.5 Å². The number of imidazole rings is 1. The van der Waals surface area contributed by atoms with Gasteiger partial charge in [0.15, 0.2) is 0 Å². The highest BCUT2D eigenvalue weighted by Gasteiger charge is 2.10. The molecule has 2 amide bonds. The number of aromatic nitrogens is 3. The average Bonchev–Trinajstić information content (AvgIpc) is 3.18. The van der Waals surface area contributed by atoms with Gasteiger partial charge in [-0.2, -0.15) is 0 Å². The minimum absolute atomic E-state index is 0.0977. The van der Waals surface area contributed by atoms with Gasteiger partial charge in [0, 0.05) is 36.5 Å². The molecule has 0 unspecified atom stereocenters. The summed E-state index contributed by atoms with van der Waals surface area (Å²) in [7, 11) is 0. The number of amides is 2. The molecule has 134 valence electrons. The van der Waals surface area contributed by atoms with Gasteiger partial charge in [-0.1, -0.05) is 18.2 Å². The lowest BCUT2D eigenvalue weighted by atomic mass is 10.1. The molecule has 2 heterocycles. The van der Waals surface area contributed by atoms with Crippen molar-refractivity contribution in [3.63, 3.8) is 0 Å². The summed E-state index contributed by atoms with van der Waals surface area (Å²) in [5, 5.41) is 5.87. The predicted octanol–water partition coefficient (Wildman–Crippen LogP) is 3.18. The fraction of sp³-hybridized carbons (Fsp3) is 0.250. The Kier molecular flexibility index (Phi) is 5.63. The number of nitrogens with zero attached hydrogens (tertiary/aromatic N) is 3. The van der Waals surface area contributed by atoms with Crippen molar-refractivity contribution in [3.8, 4) is 5.69 Å². The van der Waals surface area contributed by atoms with Gasteiger partial charge < -0.3 is 15.2 Å². The lowest BCUT2D eigenvalue weighted by Crippen LogP contribution is -2.38. The fourth-order valence-corrected chi connectivity index (χ4v) is 2.66. The van der Waals surface area contributed by atoms with E-state index in [0.717, 1.165) is 28.9 Å². The van der Waals surface area contributed by atoms with Gasteiger partial charge in [-0.15, -0.1) is 0 Å². The van der Waals surface area contributed by atoms with E-state index in [4.69, 9.17) is 0 Å². The van der Waals surface area contributed by atoms with Crippen molar-refractivity contribution in [3.05, 3.63) is 78.1 Å². The van der Waals surface area contributed by atoms with Crippen molar-refractivity contribution in [1.29, 1.82) is 0 Å². The van der Waals surface area contributed by atoms with E-state index in [-0.39, 0.29) is 12.1 Å². The Morgan fingerprint density at radius 2 is 2.15 bits per heavy atom. The first-order valence-corrected chi connectivity index (χ1v) is 8.66. The average molecular weight is 349 g/mol. The zero-order chi connectivity index (χ0) is 18.4. The molecule has 0 radical (unpaired) electrons. The Bertz CT molecular complexity index is 843. The van der Waals surface area contributed by atoms with Crippen molar-refractivity contribution >= 4 is 6.03 Å². The minimum Gasteiger partial charge on any atom is -0.338 e. The van der Waals surface area contributed by atoms with Gasteiger partial charge in [0.05, 0.1) is 12.4 Å².